The normalized spacial score (nSPS) is 22.0. The molecule has 0 bridgehead atoms. The van der Waals surface area contributed by atoms with Crippen LogP contribution in [-0.2, 0) is 10.2 Å². The lowest BCUT2D eigenvalue weighted by molar-refractivity contribution is 0.585. The van der Waals surface area contributed by atoms with Gasteiger partial charge in [0.15, 0.2) is 0 Å². The summed E-state index contributed by atoms with van der Waals surface area (Å²) in [6.07, 6.45) is 0. The van der Waals surface area contributed by atoms with Crippen molar-refractivity contribution >= 4 is 26.8 Å². The molecule has 0 aromatic heterocycles. The first-order valence-corrected chi connectivity index (χ1v) is 6.85. The van der Waals surface area contributed by atoms with Gasteiger partial charge in [-0.25, -0.2) is 0 Å². The fraction of sp³-hybridized carbons (Fsp3) is 0.0833. The van der Waals surface area contributed by atoms with Gasteiger partial charge >= 0.3 is 10.2 Å². The number of hydrogen-bond donors (Lipinski definition) is 2. The second-order valence-electron chi connectivity index (χ2n) is 4.15. The van der Waals surface area contributed by atoms with Crippen molar-refractivity contribution in [1.29, 1.82) is 0 Å². The minimum absolute atomic E-state index is 0.0743. The molecular formula is C12H11N3O2S. The van der Waals surface area contributed by atoms with Crippen LogP contribution in [0.1, 0.15) is 11.6 Å². The third-order valence-corrected chi connectivity index (χ3v) is 3.88. The largest absolute Gasteiger partial charge is 0.385 e. The molecule has 2 aromatic rings. The van der Waals surface area contributed by atoms with E-state index in [1.807, 2.05) is 42.5 Å². The van der Waals surface area contributed by atoms with Crippen molar-refractivity contribution in [2.45, 2.75) is 6.04 Å². The highest BCUT2D eigenvalue weighted by molar-refractivity contribution is 7.88. The van der Waals surface area contributed by atoms with Crippen LogP contribution in [0.4, 0.5) is 0 Å². The molecule has 2 aromatic carbocycles. The Morgan fingerprint density at radius 1 is 1.11 bits per heavy atom. The molecule has 1 unspecified atom stereocenters. The van der Waals surface area contributed by atoms with Crippen LogP contribution in [-0.4, -0.2) is 14.3 Å². The number of fused-ring (bicyclic) bond motifs is 1. The molecule has 5 nitrogen and oxygen atoms in total. The SMILES string of the molecule is NC1=NS(=O)(=O)NC1c1ccc2ccccc2c1. The molecule has 0 fully saturated rings. The van der Waals surface area contributed by atoms with E-state index in [0.717, 1.165) is 16.3 Å². The van der Waals surface area contributed by atoms with Gasteiger partial charge in [0.05, 0.1) is 0 Å². The van der Waals surface area contributed by atoms with Gasteiger partial charge in [-0.2, -0.15) is 13.1 Å². The number of nitrogens with two attached hydrogens (primary N) is 1. The molecule has 0 aliphatic carbocycles. The second-order valence-corrected chi connectivity index (χ2v) is 5.52. The van der Waals surface area contributed by atoms with Gasteiger partial charge in [0.25, 0.3) is 0 Å². The lowest BCUT2D eigenvalue weighted by Crippen LogP contribution is -2.28. The molecule has 92 valence electrons. The van der Waals surface area contributed by atoms with E-state index >= 15 is 0 Å². The fourth-order valence-electron chi connectivity index (χ4n) is 2.05. The van der Waals surface area contributed by atoms with Gasteiger partial charge in [0.1, 0.15) is 11.9 Å². The van der Waals surface area contributed by atoms with Crippen molar-refractivity contribution in [3.63, 3.8) is 0 Å². The predicted octanol–water partition coefficient (Wildman–Crippen LogP) is 1.09. The van der Waals surface area contributed by atoms with E-state index in [2.05, 4.69) is 9.12 Å². The van der Waals surface area contributed by atoms with Crippen molar-refractivity contribution in [2.75, 3.05) is 0 Å². The van der Waals surface area contributed by atoms with E-state index in [9.17, 15) is 8.42 Å². The zero-order valence-corrected chi connectivity index (χ0v) is 10.2. The zero-order chi connectivity index (χ0) is 12.8. The fourth-order valence-corrected chi connectivity index (χ4v) is 3.04. The molecule has 18 heavy (non-hydrogen) atoms. The van der Waals surface area contributed by atoms with Gasteiger partial charge in [0.2, 0.25) is 0 Å². The number of nitrogens with zero attached hydrogens (tertiary/aromatic N) is 1. The summed E-state index contributed by atoms with van der Waals surface area (Å²) in [5.74, 6) is 0.0743. The highest BCUT2D eigenvalue weighted by atomic mass is 32.2. The summed E-state index contributed by atoms with van der Waals surface area (Å²) in [6.45, 7) is 0. The van der Waals surface area contributed by atoms with E-state index in [1.54, 1.807) is 0 Å². The number of amidine groups is 1. The zero-order valence-electron chi connectivity index (χ0n) is 9.37. The van der Waals surface area contributed by atoms with Crippen LogP contribution in [0.2, 0.25) is 0 Å². The van der Waals surface area contributed by atoms with Gasteiger partial charge in [-0.3, -0.25) is 0 Å². The molecule has 1 heterocycles. The van der Waals surface area contributed by atoms with Crippen LogP contribution in [0.15, 0.2) is 46.9 Å². The van der Waals surface area contributed by atoms with Gasteiger partial charge in [-0.05, 0) is 22.4 Å². The minimum Gasteiger partial charge on any atom is -0.385 e. The summed E-state index contributed by atoms with van der Waals surface area (Å²) >= 11 is 0. The second kappa shape index (κ2) is 3.79. The molecule has 1 aliphatic heterocycles. The monoisotopic (exact) mass is 261 g/mol. The average molecular weight is 261 g/mol. The maximum absolute atomic E-state index is 11.3. The summed E-state index contributed by atoms with van der Waals surface area (Å²) in [6, 6.07) is 13.0. The van der Waals surface area contributed by atoms with E-state index in [-0.39, 0.29) is 5.84 Å². The van der Waals surface area contributed by atoms with Gasteiger partial charge in [-0.1, -0.05) is 36.4 Å². The van der Waals surface area contributed by atoms with Gasteiger partial charge in [0, 0.05) is 0 Å². The Balaban J connectivity index is 2.09. The van der Waals surface area contributed by atoms with Gasteiger partial charge in [-0.15, -0.1) is 4.40 Å². The smallest absolute Gasteiger partial charge is 0.322 e. The molecule has 0 amide bonds. The first-order valence-electron chi connectivity index (χ1n) is 5.41. The Morgan fingerprint density at radius 2 is 1.83 bits per heavy atom. The highest BCUT2D eigenvalue weighted by Gasteiger charge is 2.29. The molecule has 0 saturated heterocycles. The van der Waals surface area contributed by atoms with Crippen LogP contribution < -0.4 is 10.5 Å². The summed E-state index contributed by atoms with van der Waals surface area (Å²) in [4.78, 5) is 0. The highest BCUT2D eigenvalue weighted by Crippen LogP contribution is 2.24. The van der Waals surface area contributed by atoms with E-state index in [4.69, 9.17) is 5.73 Å². The van der Waals surface area contributed by atoms with Crippen LogP contribution in [0, 0.1) is 0 Å². The quantitative estimate of drug-likeness (QED) is 0.805. The van der Waals surface area contributed by atoms with Crippen molar-refractivity contribution in [1.82, 2.24) is 4.72 Å². The van der Waals surface area contributed by atoms with E-state index in [1.165, 1.54) is 0 Å². The van der Waals surface area contributed by atoms with Crippen molar-refractivity contribution in [3.8, 4) is 0 Å². The molecule has 0 radical (unpaired) electrons. The van der Waals surface area contributed by atoms with Crippen molar-refractivity contribution in [2.24, 2.45) is 10.1 Å². The molecule has 0 spiro atoms. The Labute approximate surface area is 105 Å². The lowest BCUT2D eigenvalue weighted by Gasteiger charge is -2.10. The molecule has 0 saturated carbocycles. The Morgan fingerprint density at radius 3 is 2.50 bits per heavy atom. The molecule has 1 aliphatic rings. The number of rotatable bonds is 1. The summed E-state index contributed by atoms with van der Waals surface area (Å²) in [5.41, 5.74) is 6.43. The van der Waals surface area contributed by atoms with Crippen LogP contribution in [0.25, 0.3) is 10.8 Å². The Bertz CT molecular complexity index is 753. The van der Waals surface area contributed by atoms with E-state index in [0.29, 0.717) is 0 Å². The predicted molar refractivity (Wildman–Crippen MR) is 70.4 cm³/mol. The topological polar surface area (TPSA) is 84.5 Å². The third kappa shape index (κ3) is 1.85. The van der Waals surface area contributed by atoms with Crippen molar-refractivity contribution < 1.29 is 8.42 Å². The molecular weight excluding hydrogens is 250 g/mol. The minimum atomic E-state index is -3.63. The maximum atomic E-state index is 11.3. The number of nitrogens with one attached hydrogen (secondary N) is 1. The summed E-state index contributed by atoms with van der Waals surface area (Å²) in [5, 5.41) is 2.13. The molecule has 1 atom stereocenters. The van der Waals surface area contributed by atoms with Crippen LogP contribution >= 0.6 is 0 Å². The van der Waals surface area contributed by atoms with E-state index < -0.39 is 16.3 Å². The maximum Gasteiger partial charge on any atom is 0.322 e. The average Bonchev–Trinajstić information content (AvgIpc) is 2.62. The molecule has 3 N–H and O–H groups in total. The number of benzene rings is 2. The lowest BCUT2D eigenvalue weighted by atomic mass is 10.0. The summed E-state index contributed by atoms with van der Waals surface area (Å²) < 4.78 is 28.4. The number of hydrogen-bond acceptors (Lipinski definition) is 3. The summed E-state index contributed by atoms with van der Waals surface area (Å²) in [7, 11) is -3.63. The van der Waals surface area contributed by atoms with Gasteiger partial charge < -0.3 is 5.73 Å². The van der Waals surface area contributed by atoms with Crippen LogP contribution in [0.5, 0.6) is 0 Å². The molecule has 6 heteroatoms. The Kier molecular flexibility index (Phi) is 2.36. The standard InChI is InChI=1S/C12H11N3O2S/c13-12-11(14-18(16,17)15-12)10-6-5-8-3-1-2-4-9(8)7-10/h1-7,11,14H,(H2,13,15). The first kappa shape index (κ1) is 11.2. The first-order chi connectivity index (χ1) is 8.55. The Hall–Kier alpha value is -1.92. The molecule has 3 rings (SSSR count). The third-order valence-electron chi connectivity index (χ3n) is 2.89. The van der Waals surface area contributed by atoms with Crippen molar-refractivity contribution in [3.05, 3.63) is 48.0 Å². The van der Waals surface area contributed by atoms with Crippen LogP contribution in [0.3, 0.4) is 0 Å².